The van der Waals surface area contributed by atoms with Gasteiger partial charge < -0.3 is 20.3 Å². The zero-order valence-corrected chi connectivity index (χ0v) is 21.2. The molecule has 0 unspecified atom stereocenters. The average molecular weight is 527 g/mol. The first-order valence-corrected chi connectivity index (χ1v) is 12.1. The quantitative estimate of drug-likeness (QED) is 0.152. The van der Waals surface area contributed by atoms with Gasteiger partial charge in [0.1, 0.15) is 24.7 Å². The van der Waals surface area contributed by atoms with Gasteiger partial charge in [-0.3, -0.25) is 10.0 Å². The monoisotopic (exact) mass is 526 g/mol. The van der Waals surface area contributed by atoms with Crippen LogP contribution in [0.25, 0.3) is 21.5 Å². The molecule has 0 aliphatic heterocycles. The summed E-state index contributed by atoms with van der Waals surface area (Å²) in [5.74, 6) is 1.43. The number of nitrogens with zero attached hydrogens (tertiary/aromatic N) is 1. The van der Waals surface area contributed by atoms with Crippen molar-refractivity contribution in [1.82, 2.24) is 5.06 Å². The van der Waals surface area contributed by atoms with E-state index in [9.17, 15) is 14.8 Å². The molecule has 4 N–H and O–H groups in total. The van der Waals surface area contributed by atoms with Crippen molar-refractivity contribution in [3.05, 3.63) is 115 Å². The van der Waals surface area contributed by atoms with Crippen LogP contribution in [-0.4, -0.2) is 47.8 Å². The molecule has 5 aromatic carbocycles. The van der Waals surface area contributed by atoms with Crippen LogP contribution >= 0.6 is 0 Å². The van der Waals surface area contributed by atoms with Crippen LogP contribution in [0.5, 0.6) is 11.5 Å². The molecule has 0 saturated carbocycles. The molecule has 0 aliphatic rings. The van der Waals surface area contributed by atoms with E-state index in [-0.39, 0.29) is 25.2 Å². The van der Waals surface area contributed by atoms with Crippen molar-refractivity contribution in [1.29, 1.82) is 0 Å². The van der Waals surface area contributed by atoms with Gasteiger partial charge in [0, 0.05) is 5.69 Å². The van der Waals surface area contributed by atoms with Gasteiger partial charge >= 0.3 is 6.03 Å². The first-order valence-electron chi connectivity index (χ1n) is 12.1. The molecule has 5 rings (SSSR count). The zero-order chi connectivity index (χ0) is 26.6. The predicted molar refractivity (Wildman–Crippen MR) is 153 cm³/mol. The molecule has 0 saturated heterocycles. The van der Waals surface area contributed by atoms with Crippen LogP contribution in [0.4, 0.5) is 10.5 Å². The number of carbonyl (C=O) groups is 2. The number of anilines is 1. The number of carbonyl (C=O) groups excluding carboxylic acids is 2. The maximum absolute atomic E-state index is 11.8. The number of hydrogen-bond acceptors (Lipinski definition) is 5. The van der Waals surface area contributed by atoms with Gasteiger partial charge in [-0.15, -0.1) is 0 Å². The van der Waals surface area contributed by atoms with E-state index in [1.165, 1.54) is 5.39 Å². The molecule has 0 bridgehead atoms. The molecule has 8 heteroatoms. The Morgan fingerprint density at radius 3 is 1.79 bits per heavy atom. The minimum atomic E-state index is -0.594. The van der Waals surface area contributed by atoms with E-state index in [1.54, 1.807) is 24.3 Å². The highest BCUT2D eigenvalue weighted by Gasteiger charge is 2.10. The number of hydrogen-bond donors (Lipinski definition) is 2. The predicted octanol–water partition coefficient (Wildman–Crippen LogP) is 5.73. The first-order chi connectivity index (χ1) is 18.6. The second-order valence-electron chi connectivity index (χ2n) is 8.26. The van der Waals surface area contributed by atoms with E-state index < -0.39 is 6.03 Å². The number of para-hydroxylation sites is 1. The Balaban J connectivity index is 0.000000239. The molecule has 2 amide bonds. The molecule has 0 spiro atoms. The molecule has 0 aromatic heterocycles. The molecule has 5 aromatic rings. The molecule has 0 fully saturated rings. The number of hydroxylamine groups is 2. The Bertz CT molecular complexity index is 1490. The molecule has 8 nitrogen and oxygen atoms in total. The Labute approximate surface area is 226 Å². The highest BCUT2D eigenvalue weighted by molar-refractivity contribution is 5.88. The van der Waals surface area contributed by atoms with Crippen LogP contribution in [0.1, 0.15) is 0 Å². The molecule has 0 aliphatic carbocycles. The van der Waals surface area contributed by atoms with E-state index in [0.29, 0.717) is 16.5 Å². The third-order valence-electron chi connectivity index (χ3n) is 5.59. The second kappa shape index (κ2) is 14.7. The van der Waals surface area contributed by atoms with Gasteiger partial charge in [-0.1, -0.05) is 78.9 Å². The maximum Gasteiger partial charge on any atom is 0.345 e. The zero-order valence-electron chi connectivity index (χ0n) is 21.2. The SMILES string of the molecule is O.O=C(Nc1ccccc1)N(O)CCOc1ccc2ccccc2c1.O=CCOc1ccc2ccccc2c1. The van der Waals surface area contributed by atoms with E-state index in [1.807, 2.05) is 91.0 Å². The smallest absolute Gasteiger partial charge is 0.345 e. The number of nitrogens with one attached hydrogen (secondary N) is 1. The van der Waals surface area contributed by atoms with Crippen molar-refractivity contribution in [3.63, 3.8) is 0 Å². The number of rotatable bonds is 8. The minimum absolute atomic E-state index is 0. The lowest BCUT2D eigenvalue weighted by Crippen LogP contribution is -2.35. The summed E-state index contributed by atoms with van der Waals surface area (Å²) < 4.78 is 10.8. The van der Waals surface area contributed by atoms with Gasteiger partial charge in [0.25, 0.3) is 0 Å². The Kier molecular flexibility index (Phi) is 10.8. The van der Waals surface area contributed by atoms with Gasteiger partial charge in [-0.25, -0.2) is 9.86 Å². The topological polar surface area (TPSA) is 120 Å². The maximum atomic E-state index is 11.8. The summed E-state index contributed by atoms with van der Waals surface area (Å²) in [7, 11) is 0. The molecule has 0 atom stereocenters. The fraction of sp³-hybridized carbons (Fsp3) is 0.0968. The van der Waals surface area contributed by atoms with Crippen molar-refractivity contribution in [2.45, 2.75) is 0 Å². The molecular formula is C31H30N2O6. The number of ether oxygens (including phenoxy) is 2. The highest BCUT2D eigenvalue weighted by atomic mass is 16.5. The molecule has 39 heavy (non-hydrogen) atoms. The van der Waals surface area contributed by atoms with Crippen LogP contribution in [0.3, 0.4) is 0 Å². The van der Waals surface area contributed by atoms with Gasteiger partial charge in [0.05, 0.1) is 6.54 Å². The van der Waals surface area contributed by atoms with Crippen molar-refractivity contribution in [2.75, 3.05) is 25.1 Å². The second-order valence-corrected chi connectivity index (χ2v) is 8.26. The fourth-order valence-corrected chi connectivity index (χ4v) is 3.71. The van der Waals surface area contributed by atoms with Gasteiger partial charge in [0.2, 0.25) is 0 Å². The van der Waals surface area contributed by atoms with Crippen molar-refractivity contribution >= 4 is 39.5 Å². The third kappa shape index (κ3) is 8.57. The Hall–Kier alpha value is -4.92. The van der Waals surface area contributed by atoms with Crippen LogP contribution in [-0.2, 0) is 4.79 Å². The van der Waals surface area contributed by atoms with E-state index in [2.05, 4.69) is 5.32 Å². The van der Waals surface area contributed by atoms with Crippen LogP contribution in [0.15, 0.2) is 115 Å². The molecule has 0 radical (unpaired) electrons. The summed E-state index contributed by atoms with van der Waals surface area (Å²) in [5, 5.41) is 17.5. The number of amides is 2. The average Bonchev–Trinajstić information content (AvgIpc) is 2.96. The Morgan fingerprint density at radius 1 is 0.718 bits per heavy atom. The summed E-state index contributed by atoms with van der Waals surface area (Å²) in [4.78, 5) is 22.0. The third-order valence-corrected chi connectivity index (χ3v) is 5.59. The van der Waals surface area contributed by atoms with Crippen molar-refractivity contribution < 1.29 is 29.7 Å². The highest BCUT2D eigenvalue weighted by Crippen LogP contribution is 2.21. The van der Waals surface area contributed by atoms with E-state index in [0.717, 1.165) is 28.2 Å². The summed E-state index contributed by atoms with van der Waals surface area (Å²) in [6.45, 7) is 0.362. The van der Waals surface area contributed by atoms with Gasteiger partial charge in [-0.05, 0) is 57.9 Å². The van der Waals surface area contributed by atoms with Crippen molar-refractivity contribution in [2.24, 2.45) is 0 Å². The lowest BCUT2D eigenvalue weighted by molar-refractivity contribution is -0.109. The summed E-state index contributed by atoms with van der Waals surface area (Å²) in [5.41, 5.74) is 0.622. The summed E-state index contributed by atoms with van der Waals surface area (Å²) in [6.07, 6.45) is 0.745. The minimum Gasteiger partial charge on any atom is -0.492 e. The fourth-order valence-electron chi connectivity index (χ4n) is 3.71. The normalized spacial score (nSPS) is 9.97. The first kappa shape index (κ1) is 28.6. The van der Waals surface area contributed by atoms with E-state index >= 15 is 0 Å². The van der Waals surface area contributed by atoms with E-state index in [4.69, 9.17) is 9.47 Å². The van der Waals surface area contributed by atoms with Gasteiger partial charge in [-0.2, -0.15) is 0 Å². The Morgan fingerprint density at radius 2 is 1.23 bits per heavy atom. The number of aldehydes is 1. The lowest BCUT2D eigenvalue weighted by Gasteiger charge is -2.16. The number of benzene rings is 5. The number of fused-ring (bicyclic) bond motifs is 2. The lowest BCUT2D eigenvalue weighted by atomic mass is 10.1. The van der Waals surface area contributed by atoms with Crippen molar-refractivity contribution in [3.8, 4) is 11.5 Å². The number of urea groups is 1. The standard InChI is InChI=1S/C19H18N2O3.C12H10O2.H2O/c22-19(20-17-8-2-1-3-9-17)21(23)12-13-24-18-11-10-15-6-4-5-7-16(15)14-18;13-7-8-14-12-6-5-10-3-1-2-4-11(10)9-12;/h1-11,14,23H,12-13H2,(H,20,22);1-7,9H,8H2;1H2. The largest absolute Gasteiger partial charge is 0.492 e. The van der Waals surface area contributed by atoms with Crippen LogP contribution in [0, 0.1) is 0 Å². The molecule has 0 heterocycles. The molecule has 200 valence electrons. The van der Waals surface area contributed by atoms with Crippen LogP contribution in [0.2, 0.25) is 0 Å². The van der Waals surface area contributed by atoms with Crippen LogP contribution < -0.4 is 14.8 Å². The summed E-state index contributed by atoms with van der Waals surface area (Å²) in [6, 6.07) is 35.9. The summed E-state index contributed by atoms with van der Waals surface area (Å²) >= 11 is 0. The molecular weight excluding hydrogens is 496 g/mol. The van der Waals surface area contributed by atoms with Gasteiger partial charge in [0.15, 0.2) is 6.29 Å².